The largest absolute Gasteiger partial charge is 0.393 e. The van der Waals surface area contributed by atoms with Crippen LogP contribution >= 0.6 is 11.3 Å². The summed E-state index contributed by atoms with van der Waals surface area (Å²) in [5.41, 5.74) is 0. The number of thiophene rings is 1. The molecule has 16 heavy (non-hydrogen) atoms. The fourth-order valence-corrected chi connectivity index (χ4v) is 2.32. The van der Waals surface area contributed by atoms with E-state index in [0.717, 1.165) is 11.3 Å². The Bertz CT molecular complexity index is 532. The summed E-state index contributed by atoms with van der Waals surface area (Å²) < 4.78 is 36.6. The van der Waals surface area contributed by atoms with Crippen LogP contribution in [-0.4, -0.2) is 22.9 Å². The molecule has 0 aliphatic rings. The van der Waals surface area contributed by atoms with Crippen molar-refractivity contribution in [1.29, 1.82) is 0 Å². The van der Waals surface area contributed by atoms with Gasteiger partial charge < -0.3 is 0 Å². The highest BCUT2D eigenvalue weighted by molar-refractivity contribution is 7.18. The van der Waals surface area contributed by atoms with Gasteiger partial charge >= 0.3 is 6.18 Å². The van der Waals surface area contributed by atoms with Gasteiger partial charge in [0, 0.05) is 4.88 Å². The van der Waals surface area contributed by atoms with Gasteiger partial charge in [0.1, 0.15) is 11.2 Å². The smallest absolute Gasteiger partial charge is 0.244 e. The molecule has 0 fully saturated rings. The summed E-state index contributed by atoms with van der Waals surface area (Å²) in [6.45, 7) is 3.31. The third-order valence-electron chi connectivity index (χ3n) is 1.88. The maximum absolute atomic E-state index is 12.2. The number of rotatable bonds is 2. The van der Waals surface area contributed by atoms with Crippen LogP contribution in [0.15, 0.2) is 17.4 Å². The lowest BCUT2D eigenvalue weighted by Gasteiger charge is -2.01. The molecular weight excluding hydrogens is 239 g/mol. The zero-order valence-electron chi connectivity index (χ0n) is 7.95. The second kappa shape index (κ2) is 3.82. The number of alkyl halides is 3. The van der Waals surface area contributed by atoms with E-state index in [1.165, 1.54) is 12.4 Å². The zero-order valence-corrected chi connectivity index (χ0v) is 8.77. The Balaban J connectivity index is 2.48. The van der Waals surface area contributed by atoms with Gasteiger partial charge in [0.2, 0.25) is 0 Å². The highest BCUT2D eigenvalue weighted by Gasteiger charge is 2.28. The molecule has 7 heteroatoms. The van der Waals surface area contributed by atoms with Crippen LogP contribution in [0.5, 0.6) is 0 Å². The lowest BCUT2D eigenvalue weighted by atomic mass is 10.3. The highest BCUT2D eigenvalue weighted by atomic mass is 32.1. The highest BCUT2D eigenvalue weighted by Crippen LogP contribution is 2.32. The minimum Gasteiger partial charge on any atom is -0.244 e. The quantitative estimate of drug-likeness (QED) is 0.762. The SMILES string of the molecule is C=Nc1ncnc2sc(CC(F)(F)F)cc12. The van der Waals surface area contributed by atoms with Gasteiger partial charge in [-0.1, -0.05) is 0 Å². The second-order valence-electron chi connectivity index (χ2n) is 3.08. The van der Waals surface area contributed by atoms with Gasteiger partial charge in [-0.3, -0.25) is 0 Å². The van der Waals surface area contributed by atoms with E-state index in [4.69, 9.17) is 0 Å². The summed E-state index contributed by atoms with van der Waals surface area (Å²) in [7, 11) is 0. The van der Waals surface area contributed by atoms with Crippen molar-refractivity contribution in [2.24, 2.45) is 4.99 Å². The van der Waals surface area contributed by atoms with Gasteiger partial charge in [0.25, 0.3) is 0 Å². The number of hydrogen-bond acceptors (Lipinski definition) is 4. The molecule has 0 saturated heterocycles. The van der Waals surface area contributed by atoms with Crippen molar-refractivity contribution in [3.05, 3.63) is 17.3 Å². The Morgan fingerprint density at radius 2 is 2.12 bits per heavy atom. The van der Waals surface area contributed by atoms with Crippen molar-refractivity contribution in [2.75, 3.05) is 0 Å². The summed E-state index contributed by atoms with van der Waals surface area (Å²) >= 11 is 0.995. The molecule has 0 N–H and O–H groups in total. The lowest BCUT2D eigenvalue weighted by Crippen LogP contribution is -2.09. The van der Waals surface area contributed by atoms with Gasteiger partial charge in [-0.05, 0) is 12.8 Å². The first kappa shape index (κ1) is 11.0. The van der Waals surface area contributed by atoms with E-state index in [0.29, 0.717) is 16.0 Å². The van der Waals surface area contributed by atoms with E-state index in [2.05, 4.69) is 21.7 Å². The molecule has 0 aliphatic carbocycles. The van der Waals surface area contributed by atoms with Gasteiger partial charge in [-0.2, -0.15) is 13.2 Å². The summed E-state index contributed by atoms with van der Waals surface area (Å²) in [5.74, 6) is 0.315. The first-order valence-corrected chi connectivity index (χ1v) is 5.08. The van der Waals surface area contributed by atoms with Gasteiger partial charge in [-0.15, -0.1) is 11.3 Å². The number of hydrogen-bond donors (Lipinski definition) is 0. The summed E-state index contributed by atoms with van der Waals surface area (Å²) in [6, 6.07) is 1.41. The second-order valence-corrected chi connectivity index (χ2v) is 4.19. The minimum absolute atomic E-state index is 0.202. The number of aromatic nitrogens is 2. The molecule has 0 atom stereocenters. The van der Waals surface area contributed by atoms with E-state index in [9.17, 15) is 13.2 Å². The predicted molar refractivity (Wildman–Crippen MR) is 56.4 cm³/mol. The van der Waals surface area contributed by atoms with E-state index < -0.39 is 12.6 Å². The molecule has 0 saturated carbocycles. The van der Waals surface area contributed by atoms with Crippen molar-refractivity contribution in [2.45, 2.75) is 12.6 Å². The molecule has 0 unspecified atom stereocenters. The molecule has 0 aromatic carbocycles. The Hall–Kier alpha value is -1.50. The van der Waals surface area contributed by atoms with Crippen molar-refractivity contribution >= 4 is 34.1 Å². The molecule has 2 aromatic heterocycles. The number of nitrogens with zero attached hydrogens (tertiary/aromatic N) is 3. The van der Waals surface area contributed by atoms with Crippen molar-refractivity contribution < 1.29 is 13.2 Å². The maximum Gasteiger partial charge on any atom is 0.393 e. The van der Waals surface area contributed by atoms with Gasteiger partial charge in [0.15, 0.2) is 5.82 Å². The third-order valence-corrected chi connectivity index (χ3v) is 2.93. The van der Waals surface area contributed by atoms with Gasteiger partial charge in [-0.25, -0.2) is 15.0 Å². The van der Waals surface area contributed by atoms with Gasteiger partial charge in [0.05, 0.1) is 11.8 Å². The normalized spacial score (nSPS) is 11.9. The molecule has 0 amide bonds. The van der Waals surface area contributed by atoms with Crippen LogP contribution in [0, 0.1) is 0 Å². The van der Waals surface area contributed by atoms with E-state index in [1.807, 2.05) is 0 Å². The van der Waals surface area contributed by atoms with Crippen LogP contribution in [0.3, 0.4) is 0 Å². The van der Waals surface area contributed by atoms with E-state index >= 15 is 0 Å². The molecule has 3 nitrogen and oxygen atoms in total. The van der Waals surface area contributed by atoms with E-state index in [1.54, 1.807) is 0 Å². The molecule has 84 valence electrons. The van der Waals surface area contributed by atoms with Crippen LogP contribution in [0.4, 0.5) is 19.0 Å². The molecule has 2 rings (SSSR count). The summed E-state index contributed by atoms with van der Waals surface area (Å²) in [4.78, 5) is 12.0. The Morgan fingerprint density at radius 1 is 1.38 bits per heavy atom. The van der Waals surface area contributed by atoms with Crippen LogP contribution in [0.1, 0.15) is 4.88 Å². The van der Waals surface area contributed by atoms with Crippen molar-refractivity contribution in [3.63, 3.8) is 0 Å². The standard InChI is InChI=1S/C9H6F3N3S/c1-13-7-6-2-5(3-9(10,11)12)16-8(6)15-4-14-7/h2,4H,1,3H2. The van der Waals surface area contributed by atoms with E-state index in [-0.39, 0.29) is 4.88 Å². The molecular formula is C9H6F3N3S. The predicted octanol–water partition coefficient (Wildman–Crippen LogP) is 3.13. The average molecular weight is 245 g/mol. The van der Waals surface area contributed by atoms with Crippen LogP contribution in [0.25, 0.3) is 10.2 Å². The van der Waals surface area contributed by atoms with Crippen molar-refractivity contribution in [3.8, 4) is 0 Å². The maximum atomic E-state index is 12.2. The van der Waals surface area contributed by atoms with Crippen LogP contribution in [0.2, 0.25) is 0 Å². The monoisotopic (exact) mass is 245 g/mol. The molecule has 2 heterocycles. The summed E-state index contributed by atoms with van der Waals surface area (Å²) in [6.07, 6.45) is -3.90. The fraction of sp³-hybridized carbons (Fsp3) is 0.222. The molecule has 0 radical (unpaired) electrons. The number of fused-ring (bicyclic) bond motifs is 1. The fourth-order valence-electron chi connectivity index (χ4n) is 1.30. The first-order chi connectivity index (χ1) is 7.49. The average Bonchev–Trinajstić information content (AvgIpc) is 2.56. The molecule has 0 spiro atoms. The lowest BCUT2D eigenvalue weighted by molar-refractivity contribution is -0.126. The minimum atomic E-state index is -4.21. The first-order valence-electron chi connectivity index (χ1n) is 4.26. The topological polar surface area (TPSA) is 38.1 Å². The van der Waals surface area contributed by atoms with Crippen molar-refractivity contribution in [1.82, 2.24) is 9.97 Å². The third kappa shape index (κ3) is 2.19. The molecule has 2 aromatic rings. The molecule has 0 bridgehead atoms. The zero-order chi connectivity index (χ0) is 11.8. The molecule has 0 aliphatic heterocycles. The van der Waals surface area contributed by atoms with Crippen LogP contribution < -0.4 is 0 Å². The number of halogens is 3. The van der Waals surface area contributed by atoms with Crippen LogP contribution in [-0.2, 0) is 6.42 Å². The Morgan fingerprint density at radius 3 is 2.75 bits per heavy atom. The summed E-state index contributed by atoms with van der Waals surface area (Å²) in [5, 5.41) is 0.516. The Kier molecular flexibility index (Phi) is 2.63. The number of aliphatic imine (C=N–C) groups is 1. The Labute approximate surface area is 92.7 Å².